The maximum Gasteiger partial charge on any atom is 0.410 e. The van der Waals surface area contributed by atoms with Crippen molar-refractivity contribution in [1.82, 2.24) is 20.4 Å². The van der Waals surface area contributed by atoms with Crippen molar-refractivity contribution in [2.24, 2.45) is 0 Å². The number of ether oxygens (including phenoxy) is 1. The van der Waals surface area contributed by atoms with E-state index in [1.165, 1.54) is 0 Å². The number of nitrogens with zero attached hydrogens (tertiary/aromatic N) is 4. The SMILES string of the molecule is Cc1ccc(C(=O)NC2CC2)cc1-c1ccc2c(N3CCN(C(=O)OC(C)(C)C)C[C@@H]3C)nncc2c1. The van der Waals surface area contributed by atoms with Gasteiger partial charge in [-0.2, -0.15) is 5.10 Å². The molecule has 0 spiro atoms. The predicted octanol–water partition coefficient (Wildman–Crippen LogP) is 4.94. The Morgan fingerprint density at radius 2 is 1.86 bits per heavy atom. The summed E-state index contributed by atoms with van der Waals surface area (Å²) in [6.07, 6.45) is 3.62. The van der Waals surface area contributed by atoms with Crippen molar-refractivity contribution in [2.45, 2.75) is 65.1 Å². The van der Waals surface area contributed by atoms with Crippen LogP contribution in [0, 0.1) is 6.92 Å². The molecule has 1 saturated carbocycles. The zero-order valence-electron chi connectivity index (χ0n) is 22.2. The minimum atomic E-state index is -0.519. The van der Waals surface area contributed by atoms with Gasteiger partial charge in [-0.05, 0) is 88.4 Å². The average Bonchev–Trinajstić information content (AvgIpc) is 3.66. The summed E-state index contributed by atoms with van der Waals surface area (Å²) in [5, 5.41) is 13.9. The summed E-state index contributed by atoms with van der Waals surface area (Å²) in [7, 11) is 0. The van der Waals surface area contributed by atoms with E-state index in [2.05, 4.69) is 52.5 Å². The average molecular weight is 502 g/mol. The Morgan fingerprint density at radius 3 is 2.57 bits per heavy atom. The fourth-order valence-corrected chi connectivity index (χ4v) is 4.79. The molecule has 1 aliphatic heterocycles. The quantitative estimate of drug-likeness (QED) is 0.545. The van der Waals surface area contributed by atoms with E-state index in [1.807, 2.05) is 39.0 Å². The van der Waals surface area contributed by atoms with Crippen molar-refractivity contribution in [3.63, 3.8) is 0 Å². The normalized spacial score (nSPS) is 18.1. The van der Waals surface area contributed by atoms with Crippen LogP contribution in [0.5, 0.6) is 0 Å². The molecule has 37 heavy (non-hydrogen) atoms. The van der Waals surface area contributed by atoms with Crippen LogP contribution in [0.25, 0.3) is 21.9 Å². The van der Waals surface area contributed by atoms with Gasteiger partial charge in [-0.1, -0.05) is 12.1 Å². The topological polar surface area (TPSA) is 87.7 Å². The summed E-state index contributed by atoms with van der Waals surface area (Å²) in [5.74, 6) is 0.798. The lowest BCUT2D eigenvalue weighted by molar-refractivity contribution is 0.0218. The van der Waals surface area contributed by atoms with Gasteiger partial charge in [-0.25, -0.2) is 4.79 Å². The van der Waals surface area contributed by atoms with Gasteiger partial charge in [0, 0.05) is 48.1 Å². The predicted molar refractivity (Wildman–Crippen MR) is 145 cm³/mol. The largest absolute Gasteiger partial charge is 0.444 e. The number of carbonyl (C=O) groups is 2. The Kier molecular flexibility index (Phi) is 6.52. The maximum absolute atomic E-state index is 12.6. The Bertz CT molecular complexity index is 1350. The molecular formula is C29H35N5O3. The molecule has 2 heterocycles. The van der Waals surface area contributed by atoms with Gasteiger partial charge in [0.25, 0.3) is 5.91 Å². The van der Waals surface area contributed by atoms with Crippen LogP contribution in [0.3, 0.4) is 0 Å². The van der Waals surface area contributed by atoms with Crippen molar-refractivity contribution in [1.29, 1.82) is 0 Å². The van der Waals surface area contributed by atoms with Crippen LogP contribution in [0.4, 0.5) is 10.6 Å². The van der Waals surface area contributed by atoms with E-state index in [4.69, 9.17) is 4.74 Å². The second-order valence-corrected chi connectivity index (χ2v) is 11.2. The molecule has 2 aromatic carbocycles. The molecule has 2 aliphatic rings. The van der Waals surface area contributed by atoms with Crippen molar-refractivity contribution in [3.05, 3.63) is 53.7 Å². The van der Waals surface area contributed by atoms with E-state index in [0.717, 1.165) is 46.1 Å². The number of nitrogens with one attached hydrogen (secondary N) is 1. The van der Waals surface area contributed by atoms with E-state index >= 15 is 0 Å². The number of piperazine rings is 1. The first-order valence-electron chi connectivity index (χ1n) is 13.0. The molecule has 0 unspecified atom stereocenters. The second kappa shape index (κ2) is 9.65. The van der Waals surface area contributed by atoms with Crippen LogP contribution >= 0.6 is 0 Å². The third-order valence-electron chi connectivity index (χ3n) is 6.92. The Morgan fingerprint density at radius 1 is 1.08 bits per heavy atom. The molecule has 0 bridgehead atoms. The Hall–Kier alpha value is -3.68. The van der Waals surface area contributed by atoms with Crippen molar-refractivity contribution in [3.8, 4) is 11.1 Å². The number of rotatable bonds is 4. The first kappa shape index (κ1) is 25.0. The van der Waals surface area contributed by atoms with E-state index in [1.54, 1.807) is 11.1 Å². The highest BCUT2D eigenvalue weighted by atomic mass is 16.6. The Labute approximate surface area is 218 Å². The summed E-state index contributed by atoms with van der Waals surface area (Å²) < 4.78 is 5.56. The van der Waals surface area contributed by atoms with Crippen LogP contribution < -0.4 is 10.2 Å². The molecule has 8 heteroatoms. The summed E-state index contributed by atoms with van der Waals surface area (Å²) in [5.41, 5.74) is 3.33. The fourth-order valence-electron chi connectivity index (χ4n) is 4.79. The van der Waals surface area contributed by atoms with E-state index in [9.17, 15) is 9.59 Å². The number of hydrogen-bond donors (Lipinski definition) is 1. The van der Waals surface area contributed by atoms with Crippen LogP contribution in [0.2, 0.25) is 0 Å². The standard InChI is InChI=1S/C29H35N5O3/c1-18-6-7-21(27(35)31-23-9-10-23)15-25(18)20-8-11-24-22(14-20)16-30-32-26(24)34-13-12-33(17-19(34)2)28(36)37-29(3,4)5/h6-8,11,14-16,19,23H,9-10,12-13,17H2,1-5H3,(H,31,35)/t19-/m0/s1. The van der Waals surface area contributed by atoms with Crippen molar-refractivity contribution < 1.29 is 14.3 Å². The number of amides is 2. The molecule has 8 nitrogen and oxygen atoms in total. The number of aromatic nitrogens is 2. The zero-order chi connectivity index (χ0) is 26.3. The minimum absolute atomic E-state index is 0.0165. The number of fused-ring (bicyclic) bond motifs is 1. The third-order valence-corrected chi connectivity index (χ3v) is 6.92. The molecule has 3 aromatic rings. The van der Waals surface area contributed by atoms with Crippen LogP contribution in [-0.2, 0) is 4.74 Å². The highest BCUT2D eigenvalue weighted by molar-refractivity contribution is 5.98. The first-order valence-corrected chi connectivity index (χ1v) is 13.0. The lowest BCUT2D eigenvalue weighted by Gasteiger charge is -2.40. The summed E-state index contributed by atoms with van der Waals surface area (Å²) in [6, 6.07) is 12.5. The molecule has 1 aliphatic carbocycles. The fraction of sp³-hybridized carbons (Fsp3) is 0.448. The van der Waals surface area contributed by atoms with Gasteiger partial charge in [-0.3, -0.25) is 4.79 Å². The minimum Gasteiger partial charge on any atom is -0.444 e. The van der Waals surface area contributed by atoms with Gasteiger partial charge in [-0.15, -0.1) is 5.10 Å². The molecule has 1 aromatic heterocycles. The number of carbonyl (C=O) groups excluding carboxylic acids is 2. The monoisotopic (exact) mass is 501 g/mol. The van der Waals surface area contributed by atoms with Crippen LogP contribution in [0.15, 0.2) is 42.6 Å². The maximum atomic E-state index is 12.6. The lowest BCUT2D eigenvalue weighted by Crippen LogP contribution is -2.54. The first-order chi connectivity index (χ1) is 17.6. The van der Waals surface area contributed by atoms with E-state index < -0.39 is 5.60 Å². The zero-order valence-corrected chi connectivity index (χ0v) is 22.2. The van der Waals surface area contributed by atoms with Crippen molar-refractivity contribution >= 4 is 28.6 Å². The molecule has 194 valence electrons. The smallest absolute Gasteiger partial charge is 0.410 e. The molecule has 2 amide bonds. The second-order valence-electron chi connectivity index (χ2n) is 11.2. The number of anilines is 1. The van der Waals surface area contributed by atoms with Gasteiger partial charge >= 0.3 is 6.09 Å². The highest BCUT2D eigenvalue weighted by Gasteiger charge is 2.31. The van der Waals surface area contributed by atoms with Gasteiger partial charge in [0.05, 0.1) is 6.20 Å². The van der Waals surface area contributed by atoms with Gasteiger partial charge < -0.3 is 19.9 Å². The molecule has 0 radical (unpaired) electrons. The highest BCUT2D eigenvalue weighted by Crippen LogP contribution is 2.32. The molecular weight excluding hydrogens is 466 g/mol. The summed E-state index contributed by atoms with van der Waals surface area (Å²) >= 11 is 0. The molecule has 1 atom stereocenters. The summed E-state index contributed by atoms with van der Waals surface area (Å²) in [4.78, 5) is 29.2. The molecule has 5 rings (SSSR count). The van der Waals surface area contributed by atoms with E-state index in [-0.39, 0.29) is 18.0 Å². The van der Waals surface area contributed by atoms with Gasteiger partial charge in [0.15, 0.2) is 5.82 Å². The van der Waals surface area contributed by atoms with Crippen LogP contribution in [0.1, 0.15) is 56.5 Å². The van der Waals surface area contributed by atoms with Crippen LogP contribution in [-0.4, -0.2) is 64.4 Å². The van der Waals surface area contributed by atoms with Gasteiger partial charge in [0.1, 0.15) is 5.60 Å². The Balaban J connectivity index is 1.39. The lowest BCUT2D eigenvalue weighted by atomic mass is 9.96. The number of benzene rings is 2. The van der Waals surface area contributed by atoms with Gasteiger partial charge in [0.2, 0.25) is 0 Å². The number of hydrogen-bond acceptors (Lipinski definition) is 6. The third kappa shape index (κ3) is 5.53. The molecule has 2 fully saturated rings. The molecule has 1 N–H and O–H groups in total. The van der Waals surface area contributed by atoms with Crippen molar-refractivity contribution in [2.75, 3.05) is 24.5 Å². The number of aryl methyl sites for hydroxylation is 1. The summed E-state index contributed by atoms with van der Waals surface area (Å²) in [6.45, 7) is 11.6. The molecule has 1 saturated heterocycles. The van der Waals surface area contributed by atoms with E-state index in [0.29, 0.717) is 31.2 Å².